The van der Waals surface area contributed by atoms with Crippen LogP contribution in [0.5, 0.6) is 0 Å². The predicted octanol–water partition coefficient (Wildman–Crippen LogP) is 4.11. The molecular weight excluding hydrogens is 330 g/mol. The number of aryl methyl sites for hydroxylation is 1. The first-order chi connectivity index (χ1) is 12.3. The summed E-state index contributed by atoms with van der Waals surface area (Å²) < 4.78 is 0. The van der Waals surface area contributed by atoms with Crippen LogP contribution >= 0.6 is 11.8 Å². The first kappa shape index (κ1) is 17.5. The minimum Gasteiger partial charge on any atom is -0.346 e. The number of H-pyrrole nitrogens is 1. The highest BCUT2D eigenvalue weighted by Crippen LogP contribution is 2.20. The van der Waals surface area contributed by atoms with Crippen LogP contribution in [0.25, 0.3) is 11.0 Å². The Morgan fingerprint density at radius 3 is 2.68 bits per heavy atom. The Balaban J connectivity index is 1.66. The maximum Gasteiger partial charge on any atom is 0.220 e. The zero-order chi connectivity index (χ0) is 17.5. The molecule has 1 heterocycles. The van der Waals surface area contributed by atoms with Gasteiger partial charge in [-0.15, -0.1) is 0 Å². The molecule has 1 aromatic heterocycles. The van der Waals surface area contributed by atoms with E-state index in [-0.39, 0.29) is 11.9 Å². The van der Waals surface area contributed by atoms with Crippen molar-refractivity contribution in [2.24, 2.45) is 0 Å². The quantitative estimate of drug-likeness (QED) is 0.641. The van der Waals surface area contributed by atoms with Gasteiger partial charge in [-0.25, -0.2) is 4.98 Å². The monoisotopic (exact) mass is 353 g/mol. The molecule has 0 radical (unpaired) electrons. The molecule has 0 bridgehead atoms. The van der Waals surface area contributed by atoms with Crippen molar-refractivity contribution < 1.29 is 4.79 Å². The number of carbonyl (C=O) groups excluding carboxylic acids is 1. The highest BCUT2D eigenvalue weighted by Gasteiger charge is 2.18. The summed E-state index contributed by atoms with van der Waals surface area (Å²) in [4.78, 5) is 20.4. The Labute approximate surface area is 152 Å². The Kier molecular flexibility index (Phi) is 6.12. The van der Waals surface area contributed by atoms with Crippen molar-refractivity contribution in [2.45, 2.75) is 25.3 Å². The lowest BCUT2D eigenvalue weighted by atomic mass is 10.1. The van der Waals surface area contributed by atoms with Crippen molar-refractivity contribution in [1.82, 2.24) is 15.3 Å². The third-order valence-corrected chi connectivity index (χ3v) is 4.81. The molecule has 0 aliphatic heterocycles. The van der Waals surface area contributed by atoms with Gasteiger partial charge in [-0.1, -0.05) is 42.5 Å². The summed E-state index contributed by atoms with van der Waals surface area (Å²) in [6, 6.07) is 18.0. The SMILES string of the molecule is CSCCC(NC(=O)CCc1ccccc1)c1nc2ccccc2[nH]1. The number of aromatic amines is 1. The third kappa shape index (κ3) is 4.86. The van der Waals surface area contributed by atoms with Crippen LogP contribution in [0.4, 0.5) is 0 Å². The standard InChI is InChI=1S/C20H23N3OS/c1-25-14-13-18(20-22-16-9-5-6-10-17(16)23-20)21-19(24)12-11-15-7-3-2-4-8-15/h2-10,18H,11-14H2,1H3,(H,21,24)(H,22,23). The van der Waals surface area contributed by atoms with Gasteiger partial charge in [0.2, 0.25) is 5.91 Å². The predicted molar refractivity (Wildman–Crippen MR) is 105 cm³/mol. The fourth-order valence-corrected chi connectivity index (χ4v) is 3.29. The van der Waals surface area contributed by atoms with Crippen LogP contribution < -0.4 is 5.32 Å². The van der Waals surface area contributed by atoms with E-state index in [1.54, 1.807) is 11.8 Å². The minimum atomic E-state index is -0.0804. The normalized spacial score (nSPS) is 12.2. The number of benzene rings is 2. The first-order valence-electron chi connectivity index (χ1n) is 8.53. The van der Waals surface area contributed by atoms with Crippen LogP contribution in [0.3, 0.4) is 0 Å². The van der Waals surface area contributed by atoms with E-state index in [4.69, 9.17) is 0 Å². The van der Waals surface area contributed by atoms with Gasteiger partial charge >= 0.3 is 0 Å². The van der Waals surface area contributed by atoms with E-state index in [1.165, 1.54) is 5.56 Å². The summed E-state index contributed by atoms with van der Waals surface area (Å²) >= 11 is 1.78. The molecule has 5 heteroatoms. The summed E-state index contributed by atoms with van der Waals surface area (Å²) in [7, 11) is 0. The average Bonchev–Trinajstić information content (AvgIpc) is 3.08. The van der Waals surface area contributed by atoms with Crippen molar-refractivity contribution in [3.8, 4) is 0 Å². The number of hydrogen-bond acceptors (Lipinski definition) is 3. The van der Waals surface area contributed by atoms with Gasteiger partial charge < -0.3 is 10.3 Å². The second-order valence-electron chi connectivity index (χ2n) is 6.03. The van der Waals surface area contributed by atoms with Gasteiger partial charge in [0.1, 0.15) is 5.82 Å². The molecule has 3 aromatic rings. The number of nitrogens with zero attached hydrogens (tertiary/aromatic N) is 1. The number of hydrogen-bond donors (Lipinski definition) is 2. The Hall–Kier alpha value is -2.27. The van der Waals surface area contributed by atoms with Gasteiger partial charge in [0, 0.05) is 6.42 Å². The van der Waals surface area contributed by atoms with E-state index >= 15 is 0 Å². The van der Waals surface area contributed by atoms with Gasteiger partial charge in [0.25, 0.3) is 0 Å². The topological polar surface area (TPSA) is 57.8 Å². The molecule has 2 N–H and O–H groups in total. The average molecular weight is 353 g/mol. The second kappa shape index (κ2) is 8.72. The molecule has 130 valence electrons. The number of rotatable bonds is 8. The van der Waals surface area contributed by atoms with E-state index in [9.17, 15) is 4.79 Å². The number of aromatic nitrogens is 2. The van der Waals surface area contributed by atoms with Gasteiger partial charge in [0.15, 0.2) is 0 Å². The summed E-state index contributed by atoms with van der Waals surface area (Å²) in [5.74, 6) is 1.87. The molecular formula is C20H23N3OS. The molecule has 2 aromatic carbocycles. The molecule has 0 saturated heterocycles. The largest absolute Gasteiger partial charge is 0.346 e. The number of amides is 1. The molecule has 0 fully saturated rings. The number of imidazole rings is 1. The maximum atomic E-state index is 12.4. The van der Waals surface area contributed by atoms with Crippen LogP contribution in [-0.4, -0.2) is 27.9 Å². The molecule has 1 unspecified atom stereocenters. The van der Waals surface area contributed by atoms with Gasteiger partial charge in [0.05, 0.1) is 17.1 Å². The number of thioether (sulfide) groups is 1. The van der Waals surface area contributed by atoms with Crippen LogP contribution in [-0.2, 0) is 11.2 Å². The lowest BCUT2D eigenvalue weighted by molar-refractivity contribution is -0.121. The summed E-state index contributed by atoms with van der Waals surface area (Å²) in [6.07, 6.45) is 4.17. The minimum absolute atomic E-state index is 0.0652. The molecule has 1 amide bonds. The summed E-state index contributed by atoms with van der Waals surface area (Å²) in [6.45, 7) is 0. The number of fused-ring (bicyclic) bond motifs is 1. The van der Waals surface area contributed by atoms with Crippen molar-refractivity contribution >= 4 is 28.7 Å². The number of nitrogens with one attached hydrogen (secondary N) is 2. The van der Waals surface area contributed by atoms with Crippen molar-refractivity contribution in [3.05, 3.63) is 66.0 Å². The van der Waals surface area contributed by atoms with Crippen molar-refractivity contribution in [3.63, 3.8) is 0 Å². The molecule has 3 rings (SSSR count). The third-order valence-electron chi connectivity index (χ3n) is 4.17. The molecule has 0 saturated carbocycles. The van der Waals surface area contributed by atoms with Gasteiger partial charge in [-0.3, -0.25) is 4.79 Å². The first-order valence-corrected chi connectivity index (χ1v) is 9.92. The zero-order valence-electron chi connectivity index (χ0n) is 14.4. The van der Waals surface area contributed by atoms with E-state index in [0.717, 1.165) is 35.5 Å². The van der Waals surface area contributed by atoms with Gasteiger partial charge in [-0.2, -0.15) is 11.8 Å². The smallest absolute Gasteiger partial charge is 0.220 e. The van der Waals surface area contributed by atoms with Crippen LogP contribution in [0.15, 0.2) is 54.6 Å². The fraction of sp³-hybridized carbons (Fsp3) is 0.300. The Bertz CT molecular complexity index is 783. The van der Waals surface area contributed by atoms with E-state index < -0.39 is 0 Å². The Morgan fingerprint density at radius 2 is 1.92 bits per heavy atom. The molecule has 0 spiro atoms. The molecule has 1 atom stereocenters. The Morgan fingerprint density at radius 1 is 1.16 bits per heavy atom. The lowest BCUT2D eigenvalue weighted by Crippen LogP contribution is -2.30. The van der Waals surface area contributed by atoms with Crippen LogP contribution in [0, 0.1) is 0 Å². The fourth-order valence-electron chi connectivity index (χ4n) is 2.82. The highest BCUT2D eigenvalue weighted by atomic mass is 32.2. The van der Waals surface area contributed by atoms with Crippen molar-refractivity contribution in [2.75, 3.05) is 12.0 Å². The maximum absolute atomic E-state index is 12.4. The van der Waals surface area contributed by atoms with E-state index in [2.05, 4.69) is 33.7 Å². The van der Waals surface area contributed by atoms with E-state index in [0.29, 0.717) is 6.42 Å². The highest BCUT2D eigenvalue weighted by molar-refractivity contribution is 7.98. The number of carbonyl (C=O) groups is 1. The van der Waals surface area contributed by atoms with Gasteiger partial charge in [-0.05, 0) is 42.5 Å². The lowest BCUT2D eigenvalue weighted by Gasteiger charge is -2.16. The molecule has 0 aliphatic rings. The van der Waals surface area contributed by atoms with Crippen LogP contribution in [0.2, 0.25) is 0 Å². The summed E-state index contributed by atoms with van der Waals surface area (Å²) in [5, 5.41) is 3.15. The summed E-state index contributed by atoms with van der Waals surface area (Å²) in [5.41, 5.74) is 3.12. The van der Waals surface area contributed by atoms with E-state index in [1.807, 2.05) is 42.5 Å². The number of para-hydroxylation sites is 2. The zero-order valence-corrected chi connectivity index (χ0v) is 15.2. The second-order valence-corrected chi connectivity index (χ2v) is 7.01. The molecule has 4 nitrogen and oxygen atoms in total. The molecule has 25 heavy (non-hydrogen) atoms. The van der Waals surface area contributed by atoms with Crippen molar-refractivity contribution in [1.29, 1.82) is 0 Å². The molecule has 0 aliphatic carbocycles. The van der Waals surface area contributed by atoms with Crippen LogP contribution in [0.1, 0.15) is 30.3 Å².